The summed E-state index contributed by atoms with van der Waals surface area (Å²) in [4.78, 5) is 14.4. The summed E-state index contributed by atoms with van der Waals surface area (Å²) in [5.41, 5.74) is 4.16. The fraction of sp³-hybridized carbons (Fsp3) is 0.250. The van der Waals surface area contributed by atoms with Crippen LogP contribution in [0.1, 0.15) is 27.0 Å². The van der Waals surface area contributed by atoms with E-state index in [9.17, 15) is 4.79 Å². The first-order valence-corrected chi connectivity index (χ1v) is 7.54. The van der Waals surface area contributed by atoms with Crippen LogP contribution in [0.15, 0.2) is 54.6 Å². The maximum atomic E-state index is 12.3. The summed E-state index contributed by atoms with van der Waals surface area (Å²) in [7, 11) is 4.08. The molecule has 114 valence electrons. The highest BCUT2D eigenvalue weighted by atomic mass is 16.1. The van der Waals surface area contributed by atoms with Gasteiger partial charge in [-0.05, 0) is 32.1 Å². The molecule has 0 bridgehead atoms. The smallest absolute Gasteiger partial charge is 0.167 e. The number of carbonyl (C=O) groups excluding carboxylic acids is 1. The van der Waals surface area contributed by atoms with E-state index < -0.39 is 0 Å². The highest BCUT2D eigenvalue weighted by Gasteiger charge is 2.06. The normalized spacial score (nSPS) is 11.3. The van der Waals surface area contributed by atoms with E-state index in [1.54, 1.807) is 0 Å². The van der Waals surface area contributed by atoms with Crippen LogP contribution >= 0.6 is 0 Å². The van der Waals surface area contributed by atoms with Crippen LogP contribution in [-0.2, 0) is 6.42 Å². The third-order valence-electron chi connectivity index (χ3n) is 3.50. The average molecular weight is 293 g/mol. The number of hydrogen-bond acceptors (Lipinski definition) is 2. The van der Waals surface area contributed by atoms with E-state index in [4.69, 9.17) is 0 Å². The molecule has 0 fully saturated rings. The van der Waals surface area contributed by atoms with E-state index in [2.05, 4.69) is 17.1 Å². The van der Waals surface area contributed by atoms with Gasteiger partial charge in [0.25, 0.3) is 0 Å². The van der Waals surface area contributed by atoms with Gasteiger partial charge in [0.05, 0.1) is 0 Å². The second-order valence-electron chi connectivity index (χ2n) is 5.87. The van der Waals surface area contributed by atoms with Crippen LogP contribution in [0.4, 0.5) is 0 Å². The SMILES string of the molecule is Cc1ccc(CC(=O)c2ccc(/C=C/CN(C)C)cc2)cc1. The molecule has 0 aliphatic carbocycles. The Balaban J connectivity index is 1.99. The van der Waals surface area contributed by atoms with E-state index >= 15 is 0 Å². The van der Waals surface area contributed by atoms with Gasteiger partial charge in [0.2, 0.25) is 0 Å². The molecule has 0 aromatic heterocycles. The van der Waals surface area contributed by atoms with Crippen LogP contribution in [0.3, 0.4) is 0 Å². The highest BCUT2D eigenvalue weighted by Crippen LogP contribution is 2.11. The van der Waals surface area contributed by atoms with Gasteiger partial charge in [0.1, 0.15) is 0 Å². The Hall–Kier alpha value is -2.19. The summed E-state index contributed by atoms with van der Waals surface area (Å²) in [6, 6.07) is 15.9. The van der Waals surface area contributed by atoms with Crippen LogP contribution in [0, 0.1) is 6.92 Å². The zero-order chi connectivity index (χ0) is 15.9. The van der Waals surface area contributed by atoms with Gasteiger partial charge in [-0.3, -0.25) is 4.79 Å². The Morgan fingerprint density at radius 3 is 2.23 bits per heavy atom. The van der Waals surface area contributed by atoms with Gasteiger partial charge in [0.15, 0.2) is 5.78 Å². The topological polar surface area (TPSA) is 20.3 Å². The fourth-order valence-electron chi connectivity index (χ4n) is 2.17. The maximum Gasteiger partial charge on any atom is 0.167 e. The monoisotopic (exact) mass is 293 g/mol. The Labute approximate surface area is 133 Å². The average Bonchev–Trinajstić information content (AvgIpc) is 2.50. The van der Waals surface area contributed by atoms with Crippen molar-refractivity contribution >= 4 is 11.9 Å². The van der Waals surface area contributed by atoms with Crippen LogP contribution in [0.2, 0.25) is 0 Å². The number of rotatable bonds is 6. The lowest BCUT2D eigenvalue weighted by molar-refractivity contribution is 0.0993. The van der Waals surface area contributed by atoms with Crippen LogP contribution in [0.25, 0.3) is 6.08 Å². The predicted octanol–water partition coefficient (Wildman–Crippen LogP) is 4.00. The molecule has 0 heterocycles. The Bertz CT molecular complexity index is 636. The zero-order valence-electron chi connectivity index (χ0n) is 13.5. The first-order chi connectivity index (χ1) is 10.5. The molecule has 0 aliphatic rings. The molecule has 2 nitrogen and oxygen atoms in total. The van der Waals surface area contributed by atoms with Crippen LogP contribution in [-0.4, -0.2) is 31.3 Å². The third kappa shape index (κ3) is 4.97. The summed E-state index contributed by atoms with van der Waals surface area (Å²) in [6.07, 6.45) is 4.65. The standard InChI is InChI=1S/C20H23NO/c1-16-6-8-18(9-7-16)15-20(22)19-12-10-17(11-13-19)5-4-14-21(2)3/h4-13H,14-15H2,1-3H3/b5-4+. The van der Waals surface area contributed by atoms with Crippen molar-refractivity contribution in [3.63, 3.8) is 0 Å². The molecule has 0 saturated heterocycles. The van der Waals surface area contributed by atoms with Crippen molar-refractivity contribution in [2.45, 2.75) is 13.3 Å². The number of carbonyl (C=O) groups is 1. The molecule has 2 heteroatoms. The molecule has 0 saturated carbocycles. The summed E-state index contributed by atoms with van der Waals surface area (Å²) in [6.45, 7) is 2.96. The van der Waals surface area contributed by atoms with Gasteiger partial charge in [-0.15, -0.1) is 0 Å². The van der Waals surface area contributed by atoms with Crippen LogP contribution in [0.5, 0.6) is 0 Å². The minimum absolute atomic E-state index is 0.160. The molecule has 0 aliphatic heterocycles. The van der Waals surface area contributed by atoms with Gasteiger partial charge >= 0.3 is 0 Å². The molecule has 2 aromatic rings. The molecule has 0 N–H and O–H groups in total. The minimum Gasteiger partial charge on any atom is -0.306 e. The van der Waals surface area contributed by atoms with E-state index in [0.29, 0.717) is 6.42 Å². The molecule has 2 rings (SSSR count). The fourth-order valence-corrected chi connectivity index (χ4v) is 2.17. The van der Waals surface area contributed by atoms with Crippen molar-refractivity contribution < 1.29 is 4.79 Å². The van der Waals surface area contributed by atoms with E-state index in [1.165, 1.54) is 5.56 Å². The molecule has 0 atom stereocenters. The van der Waals surface area contributed by atoms with Crippen molar-refractivity contribution in [1.82, 2.24) is 4.90 Å². The number of hydrogen-bond donors (Lipinski definition) is 0. The van der Waals surface area contributed by atoms with Crippen molar-refractivity contribution in [3.05, 3.63) is 76.9 Å². The van der Waals surface area contributed by atoms with Gasteiger partial charge in [-0.1, -0.05) is 66.2 Å². The molecule has 22 heavy (non-hydrogen) atoms. The van der Waals surface area contributed by atoms with Crippen LogP contribution < -0.4 is 0 Å². The highest BCUT2D eigenvalue weighted by molar-refractivity contribution is 5.97. The molecular formula is C20H23NO. The van der Waals surface area contributed by atoms with E-state index in [-0.39, 0.29) is 5.78 Å². The van der Waals surface area contributed by atoms with E-state index in [1.807, 2.05) is 69.6 Å². The third-order valence-corrected chi connectivity index (χ3v) is 3.50. The van der Waals surface area contributed by atoms with Gasteiger partial charge < -0.3 is 4.90 Å². The Morgan fingerprint density at radius 1 is 1.00 bits per heavy atom. The Morgan fingerprint density at radius 2 is 1.64 bits per heavy atom. The quantitative estimate of drug-likeness (QED) is 0.750. The minimum atomic E-state index is 0.160. The van der Waals surface area contributed by atoms with Gasteiger partial charge in [-0.25, -0.2) is 0 Å². The van der Waals surface area contributed by atoms with Gasteiger partial charge in [-0.2, -0.15) is 0 Å². The number of nitrogens with zero attached hydrogens (tertiary/aromatic N) is 1. The number of Topliss-reactive ketones (excluding diaryl/α,β-unsaturated/α-hetero) is 1. The number of ketones is 1. The second-order valence-corrected chi connectivity index (χ2v) is 5.87. The van der Waals surface area contributed by atoms with E-state index in [0.717, 1.165) is 23.2 Å². The van der Waals surface area contributed by atoms with Crippen molar-refractivity contribution in [3.8, 4) is 0 Å². The summed E-state index contributed by atoms with van der Waals surface area (Å²) in [5, 5.41) is 0. The lowest BCUT2D eigenvalue weighted by Gasteiger charge is -2.04. The number of benzene rings is 2. The second kappa shape index (κ2) is 7.71. The lowest BCUT2D eigenvalue weighted by atomic mass is 10.0. The summed E-state index contributed by atoms with van der Waals surface area (Å²) < 4.78 is 0. The summed E-state index contributed by atoms with van der Waals surface area (Å²) in [5.74, 6) is 0.160. The first-order valence-electron chi connectivity index (χ1n) is 7.54. The largest absolute Gasteiger partial charge is 0.306 e. The lowest BCUT2D eigenvalue weighted by Crippen LogP contribution is -2.10. The predicted molar refractivity (Wildman–Crippen MR) is 93.2 cm³/mol. The zero-order valence-corrected chi connectivity index (χ0v) is 13.5. The molecular weight excluding hydrogens is 270 g/mol. The maximum absolute atomic E-state index is 12.3. The van der Waals surface area contributed by atoms with Crippen molar-refractivity contribution in [2.75, 3.05) is 20.6 Å². The molecule has 0 radical (unpaired) electrons. The first kappa shape index (κ1) is 16.2. The molecule has 0 amide bonds. The van der Waals surface area contributed by atoms with Gasteiger partial charge in [0, 0.05) is 18.5 Å². The molecule has 0 unspecified atom stereocenters. The van der Waals surface area contributed by atoms with Crippen molar-refractivity contribution in [2.24, 2.45) is 0 Å². The Kier molecular flexibility index (Phi) is 5.68. The summed E-state index contributed by atoms with van der Waals surface area (Å²) >= 11 is 0. The molecule has 2 aromatic carbocycles. The number of aryl methyl sites for hydroxylation is 1. The molecule has 0 spiro atoms. The van der Waals surface area contributed by atoms with Crippen molar-refractivity contribution in [1.29, 1.82) is 0 Å². The number of likely N-dealkylation sites (N-methyl/N-ethyl adjacent to an activating group) is 1.